The molecule has 0 amide bonds. The number of unbranched alkanes of at least 4 members (excludes halogenated alkanes) is 7. The molecule has 0 fully saturated rings. The van der Waals surface area contributed by atoms with Crippen molar-refractivity contribution in [3.05, 3.63) is 27.6 Å². The first-order valence-corrected chi connectivity index (χ1v) is 10.2. The summed E-state index contributed by atoms with van der Waals surface area (Å²) in [5.74, 6) is 0.960. The highest BCUT2D eigenvalue weighted by atomic mass is 32.1. The molecule has 0 saturated carbocycles. The SMILES string of the molecule is NCCCC/C=C\CCCCCCc1nsc(=O)n1CCCCN. The maximum absolute atomic E-state index is 11.8. The van der Waals surface area contributed by atoms with Crippen LogP contribution in [0.25, 0.3) is 0 Å². The number of allylic oxidation sites excluding steroid dienone is 2. The summed E-state index contributed by atoms with van der Waals surface area (Å²) < 4.78 is 6.16. The number of aryl methyl sites for hydroxylation is 1. The topological polar surface area (TPSA) is 86.9 Å². The number of aromatic nitrogens is 2. The van der Waals surface area contributed by atoms with Crippen molar-refractivity contribution in [1.29, 1.82) is 0 Å². The van der Waals surface area contributed by atoms with E-state index in [9.17, 15) is 4.79 Å². The Hall–Kier alpha value is -0.980. The largest absolute Gasteiger partial charge is 0.330 e. The van der Waals surface area contributed by atoms with Crippen LogP contribution in [0, 0.1) is 0 Å². The molecule has 5 nitrogen and oxygen atoms in total. The van der Waals surface area contributed by atoms with Crippen LogP contribution in [-0.4, -0.2) is 22.0 Å². The van der Waals surface area contributed by atoms with Crippen molar-refractivity contribution in [3.63, 3.8) is 0 Å². The monoisotopic (exact) mass is 354 g/mol. The molecule has 24 heavy (non-hydrogen) atoms. The van der Waals surface area contributed by atoms with Gasteiger partial charge in [0.05, 0.1) is 0 Å². The fourth-order valence-corrected chi connectivity index (χ4v) is 3.32. The molecule has 1 heterocycles. The van der Waals surface area contributed by atoms with Crippen LogP contribution in [0.15, 0.2) is 16.9 Å². The minimum absolute atomic E-state index is 0.0711. The van der Waals surface area contributed by atoms with Gasteiger partial charge in [0, 0.05) is 24.5 Å². The second kappa shape index (κ2) is 14.4. The second-order valence-electron chi connectivity index (χ2n) is 6.22. The molecule has 0 aliphatic carbocycles. The average molecular weight is 355 g/mol. The molecule has 4 N–H and O–H groups in total. The molecule has 0 unspecified atom stereocenters. The van der Waals surface area contributed by atoms with Gasteiger partial charge in [-0.3, -0.25) is 9.36 Å². The van der Waals surface area contributed by atoms with Gasteiger partial charge in [0.15, 0.2) is 0 Å². The molecule has 0 aromatic carbocycles. The molecule has 138 valence electrons. The highest BCUT2D eigenvalue weighted by Gasteiger charge is 2.07. The smallest absolute Gasteiger partial charge is 0.326 e. The Bertz CT molecular complexity index is 495. The van der Waals surface area contributed by atoms with Gasteiger partial charge in [-0.15, -0.1) is 0 Å². The lowest BCUT2D eigenvalue weighted by molar-refractivity contribution is 0.560. The van der Waals surface area contributed by atoms with Crippen molar-refractivity contribution >= 4 is 11.5 Å². The summed E-state index contributed by atoms with van der Waals surface area (Å²) in [6, 6.07) is 0. The minimum Gasteiger partial charge on any atom is -0.330 e. The third-order valence-electron chi connectivity index (χ3n) is 4.11. The highest BCUT2D eigenvalue weighted by Crippen LogP contribution is 2.09. The first kappa shape index (κ1) is 21.1. The molecule has 0 aliphatic rings. The van der Waals surface area contributed by atoms with Gasteiger partial charge in [0.25, 0.3) is 0 Å². The summed E-state index contributed by atoms with van der Waals surface area (Å²) >= 11 is 1.08. The Labute approximate surface area is 150 Å². The van der Waals surface area contributed by atoms with E-state index < -0.39 is 0 Å². The zero-order valence-electron chi connectivity index (χ0n) is 14.9. The predicted molar refractivity (Wildman–Crippen MR) is 103 cm³/mol. The zero-order chi connectivity index (χ0) is 17.5. The van der Waals surface area contributed by atoms with Gasteiger partial charge in [-0.05, 0) is 64.5 Å². The summed E-state index contributed by atoms with van der Waals surface area (Å²) in [6.07, 6.45) is 16.9. The summed E-state index contributed by atoms with van der Waals surface area (Å²) in [4.78, 5) is 11.9. The van der Waals surface area contributed by atoms with E-state index in [2.05, 4.69) is 16.5 Å². The summed E-state index contributed by atoms with van der Waals surface area (Å²) in [5.41, 5.74) is 11.0. The van der Waals surface area contributed by atoms with Crippen molar-refractivity contribution < 1.29 is 0 Å². The van der Waals surface area contributed by atoms with Gasteiger partial charge < -0.3 is 11.5 Å². The van der Waals surface area contributed by atoms with E-state index in [1.54, 1.807) is 0 Å². The van der Waals surface area contributed by atoms with Gasteiger partial charge >= 0.3 is 4.87 Å². The number of hydrogen-bond acceptors (Lipinski definition) is 5. The van der Waals surface area contributed by atoms with Crippen LogP contribution in [0.4, 0.5) is 0 Å². The molecule has 0 radical (unpaired) electrons. The Morgan fingerprint density at radius 3 is 2.21 bits per heavy atom. The lowest BCUT2D eigenvalue weighted by Crippen LogP contribution is -2.17. The zero-order valence-corrected chi connectivity index (χ0v) is 15.7. The van der Waals surface area contributed by atoms with Crippen LogP contribution in [-0.2, 0) is 13.0 Å². The standard InChI is InChI=1S/C18H34N4OS/c19-14-10-8-6-4-2-1-3-5-7-9-13-17-21-24-18(23)22(17)16-12-11-15-20/h2,4H,1,3,5-16,19-20H2/b4-2-. The van der Waals surface area contributed by atoms with E-state index >= 15 is 0 Å². The van der Waals surface area contributed by atoms with E-state index in [4.69, 9.17) is 11.5 Å². The number of rotatable bonds is 15. The van der Waals surface area contributed by atoms with E-state index in [0.29, 0.717) is 6.54 Å². The second-order valence-corrected chi connectivity index (χ2v) is 6.94. The van der Waals surface area contributed by atoms with Crippen molar-refractivity contribution in [3.8, 4) is 0 Å². The molecule has 0 aliphatic heterocycles. The molecular weight excluding hydrogens is 320 g/mol. The molecule has 1 rings (SSSR count). The Morgan fingerprint density at radius 1 is 0.875 bits per heavy atom. The van der Waals surface area contributed by atoms with Gasteiger partial charge in [0.2, 0.25) is 0 Å². The summed E-state index contributed by atoms with van der Waals surface area (Å²) in [6.45, 7) is 2.24. The molecule has 0 bridgehead atoms. The van der Waals surface area contributed by atoms with Gasteiger partial charge in [-0.2, -0.15) is 4.37 Å². The third kappa shape index (κ3) is 9.35. The maximum Gasteiger partial charge on any atom is 0.326 e. The Morgan fingerprint density at radius 2 is 1.50 bits per heavy atom. The van der Waals surface area contributed by atoms with Crippen molar-refractivity contribution in [2.24, 2.45) is 11.5 Å². The van der Waals surface area contributed by atoms with Crippen LogP contribution in [0.2, 0.25) is 0 Å². The molecule has 6 heteroatoms. The fraction of sp³-hybridized carbons (Fsp3) is 0.778. The lowest BCUT2D eigenvalue weighted by Gasteiger charge is -2.05. The fourth-order valence-electron chi connectivity index (χ4n) is 2.65. The Kier molecular flexibility index (Phi) is 12.6. The molecular formula is C18H34N4OS. The Balaban J connectivity index is 2.10. The summed E-state index contributed by atoms with van der Waals surface area (Å²) in [5, 5.41) is 0. The number of hydrogen-bond donors (Lipinski definition) is 2. The van der Waals surface area contributed by atoms with E-state index in [1.165, 1.54) is 32.1 Å². The van der Waals surface area contributed by atoms with Gasteiger partial charge in [-0.1, -0.05) is 25.0 Å². The highest BCUT2D eigenvalue weighted by molar-refractivity contribution is 7.02. The first-order valence-electron chi connectivity index (χ1n) is 9.40. The van der Waals surface area contributed by atoms with Crippen LogP contribution in [0.3, 0.4) is 0 Å². The number of nitrogens with zero attached hydrogens (tertiary/aromatic N) is 2. The van der Waals surface area contributed by atoms with E-state index in [-0.39, 0.29) is 4.87 Å². The van der Waals surface area contributed by atoms with Crippen molar-refractivity contribution in [2.75, 3.05) is 13.1 Å². The van der Waals surface area contributed by atoms with E-state index in [0.717, 1.165) is 69.0 Å². The molecule has 0 saturated heterocycles. The van der Waals surface area contributed by atoms with Crippen LogP contribution < -0.4 is 16.3 Å². The first-order chi connectivity index (χ1) is 11.8. The van der Waals surface area contributed by atoms with E-state index in [1.807, 2.05) is 4.57 Å². The van der Waals surface area contributed by atoms with Crippen molar-refractivity contribution in [1.82, 2.24) is 8.94 Å². The molecule has 1 aromatic heterocycles. The number of nitrogens with two attached hydrogens (primary N) is 2. The molecule has 0 spiro atoms. The van der Waals surface area contributed by atoms with Gasteiger partial charge in [-0.25, -0.2) is 0 Å². The average Bonchev–Trinajstić information content (AvgIpc) is 2.93. The van der Waals surface area contributed by atoms with Crippen molar-refractivity contribution in [2.45, 2.75) is 77.2 Å². The van der Waals surface area contributed by atoms with Gasteiger partial charge in [0.1, 0.15) is 5.82 Å². The molecule has 1 aromatic rings. The molecule has 0 atom stereocenters. The lowest BCUT2D eigenvalue weighted by atomic mass is 10.1. The van der Waals surface area contributed by atoms with Crippen LogP contribution in [0.5, 0.6) is 0 Å². The van der Waals surface area contributed by atoms with Crippen LogP contribution in [0.1, 0.15) is 70.0 Å². The normalized spacial score (nSPS) is 11.6. The third-order valence-corrected chi connectivity index (χ3v) is 4.79. The maximum atomic E-state index is 11.8. The minimum atomic E-state index is 0.0711. The van der Waals surface area contributed by atoms with Crippen LogP contribution >= 0.6 is 11.5 Å². The summed E-state index contributed by atoms with van der Waals surface area (Å²) in [7, 11) is 0. The quantitative estimate of drug-likeness (QED) is 0.374. The predicted octanol–water partition coefficient (Wildman–Crippen LogP) is 3.22.